The molecule has 0 radical (unpaired) electrons. The smallest absolute Gasteiger partial charge is 0.114 e. The zero-order valence-corrected chi connectivity index (χ0v) is 11.7. The second kappa shape index (κ2) is 5.47. The van der Waals surface area contributed by atoms with Crippen LogP contribution in [0.2, 0.25) is 0 Å². The molecule has 102 valence electrons. The Kier molecular flexibility index (Phi) is 3.52. The maximum atomic E-state index is 5.87. The first-order valence-corrected chi connectivity index (χ1v) is 6.99. The number of para-hydroxylation sites is 2. The molecule has 3 nitrogen and oxygen atoms in total. The number of nitrogens with two attached hydrogens (primary N) is 1. The van der Waals surface area contributed by atoms with Crippen LogP contribution < -0.4 is 5.73 Å². The van der Waals surface area contributed by atoms with E-state index < -0.39 is 0 Å². The predicted octanol–water partition coefficient (Wildman–Crippen LogP) is 3.15. The standard InChI is InChI=1S/C17H19N3/c1-13(12-18)20-16-10-6-5-9-15(16)19-17(20)11-14-7-3-2-4-8-14/h2-10,13H,11-12,18H2,1H3. The number of aromatic nitrogens is 2. The highest BCUT2D eigenvalue weighted by Gasteiger charge is 2.14. The summed E-state index contributed by atoms with van der Waals surface area (Å²) >= 11 is 0. The van der Waals surface area contributed by atoms with Crippen molar-refractivity contribution in [3.63, 3.8) is 0 Å². The third kappa shape index (κ3) is 2.32. The van der Waals surface area contributed by atoms with Crippen molar-refractivity contribution in [3.05, 3.63) is 66.0 Å². The number of rotatable bonds is 4. The Morgan fingerprint density at radius 2 is 1.75 bits per heavy atom. The Bertz CT molecular complexity index is 701. The molecular weight excluding hydrogens is 246 g/mol. The highest BCUT2D eigenvalue weighted by atomic mass is 15.1. The number of benzene rings is 2. The van der Waals surface area contributed by atoms with Gasteiger partial charge in [0.25, 0.3) is 0 Å². The quantitative estimate of drug-likeness (QED) is 0.787. The van der Waals surface area contributed by atoms with Gasteiger partial charge in [0, 0.05) is 19.0 Å². The Labute approximate surface area is 119 Å². The molecule has 0 aliphatic heterocycles. The number of nitrogens with zero attached hydrogens (tertiary/aromatic N) is 2. The lowest BCUT2D eigenvalue weighted by Crippen LogP contribution is -2.18. The summed E-state index contributed by atoms with van der Waals surface area (Å²) in [4.78, 5) is 4.78. The molecule has 2 N–H and O–H groups in total. The summed E-state index contributed by atoms with van der Waals surface area (Å²) < 4.78 is 2.27. The van der Waals surface area contributed by atoms with Crippen LogP contribution in [0.5, 0.6) is 0 Å². The summed E-state index contributed by atoms with van der Waals surface area (Å²) in [5.41, 5.74) is 9.34. The van der Waals surface area contributed by atoms with Crippen molar-refractivity contribution in [1.82, 2.24) is 9.55 Å². The molecule has 3 aromatic rings. The number of hydrogen-bond acceptors (Lipinski definition) is 2. The van der Waals surface area contributed by atoms with Crippen LogP contribution in [0.4, 0.5) is 0 Å². The maximum absolute atomic E-state index is 5.87. The van der Waals surface area contributed by atoms with E-state index in [9.17, 15) is 0 Å². The second-order valence-electron chi connectivity index (χ2n) is 5.13. The molecule has 0 aliphatic carbocycles. The first-order valence-electron chi connectivity index (χ1n) is 6.99. The van der Waals surface area contributed by atoms with Gasteiger partial charge in [-0.25, -0.2) is 4.98 Å². The van der Waals surface area contributed by atoms with Crippen LogP contribution in [-0.4, -0.2) is 16.1 Å². The van der Waals surface area contributed by atoms with Crippen molar-refractivity contribution in [2.45, 2.75) is 19.4 Å². The van der Waals surface area contributed by atoms with E-state index in [1.807, 2.05) is 12.1 Å². The molecular formula is C17H19N3. The van der Waals surface area contributed by atoms with Crippen LogP contribution in [0.25, 0.3) is 11.0 Å². The monoisotopic (exact) mass is 265 g/mol. The SMILES string of the molecule is CC(CN)n1c(Cc2ccccc2)nc2ccccc21. The minimum Gasteiger partial charge on any atom is -0.328 e. The van der Waals surface area contributed by atoms with Crippen molar-refractivity contribution in [2.24, 2.45) is 5.73 Å². The summed E-state index contributed by atoms with van der Waals surface area (Å²) in [6.45, 7) is 2.75. The zero-order chi connectivity index (χ0) is 13.9. The van der Waals surface area contributed by atoms with Gasteiger partial charge in [-0.05, 0) is 24.6 Å². The van der Waals surface area contributed by atoms with Crippen molar-refractivity contribution < 1.29 is 0 Å². The van der Waals surface area contributed by atoms with E-state index in [4.69, 9.17) is 10.7 Å². The average molecular weight is 265 g/mol. The van der Waals surface area contributed by atoms with E-state index in [1.165, 1.54) is 5.56 Å². The van der Waals surface area contributed by atoms with Crippen LogP contribution in [0, 0.1) is 0 Å². The van der Waals surface area contributed by atoms with Gasteiger partial charge in [-0.3, -0.25) is 0 Å². The molecule has 1 aromatic heterocycles. The van der Waals surface area contributed by atoms with Crippen LogP contribution in [-0.2, 0) is 6.42 Å². The van der Waals surface area contributed by atoms with Crippen LogP contribution in [0.3, 0.4) is 0 Å². The summed E-state index contributed by atoms with van der Waals surface area (Å²) in [7, 11) is 0. The van der Waals surface area contributed by atoms with Gasteiger partial charge in [-0.2, -0.15) is 0 Å². The molecule has 0 amide bonds. The lowest BCUT2D eigenvalue weighted by atomic mass is 10.1. The number of fused-ring (bicyclic) bond motifs is 1. The van der Waals surface area contributed by atoms with Gasteiger partial charge in [0.05, 0.1) is 11.0 Å². The van der Waals surface area contributed by atoms with Crippen molar-refractivity contribution in [3.8, 4) is 0 Å². The summed E-state index contributed by atoms with van der Waals surface area (Å²) in [5.74, 6) is 1.08. The topological polar surface area (TPSA) is 43.8 Å². The third-order valence-electron chi connectivity index (χ3n) is 3.66. The van der Waals surface area contributed by atoms with E-state index in [1.54, 1.807) is 0 Å². The highest BCUT2D eigenvalue weighted by molar-refractivity contribution is 5.76. The fourth-order valence-corrected chi connectivity index (χ4v) is 2.59. The Morgan fingerprint density at radius 1 is 1.05 bits per heavy atom. The van der Waals surface area contributed by atoms with Crippen LogP contribution >= 0.6 is 0 Å². The average Bonchev–Trinajstić information content (AvgIpc) is 2.85. The Morgan fingerprint density at radius 3 is 2.50 bits per heavy atom. The van der Waals surface area contributed by atoms with E-state index >= 15 is 0 Å². The lowest BCUT2D eigenvalue weighted by Gasteiger charge is -2.15. The summed E-state index contributed by atoms with van der Waals surface area (Å²) in [6.07, 6.45) is 0.833. The van der Waals surface area contributed by atoms with E-state index in [-0.39, 0.29) is 6.04 Å². The summed E-state index contributed by atoms with van der Waals surface area (Å²) in [5, 5.41) is 0. The molecule has 1 heterocycles. The second-order valence-corrected chi connectivity index (χ2v) is 5.13. The molecule has 0 bridgehead atoms. The van der Waals surface area contributed by atoms with E-state index in [0.717, 1.165) is 23.3 Å². The van der Waals surface area contributed by atoms with Crippen LogP contribution in [0.1, 0.15) is 24.4 Å². The predicted molar refractivity (Wildman–Crippen MR) is 82.7 cm³/mol. The van der Waals surface area contributed by atoms with Gasteiger partial charge in [0.1, 0.15) is 5.82 Å². The molecule has 0 fully saturated rings. The molecule has 3 rings (SSSR count). The lowest BCUT2D eigenvalue weighted by molar-refractivity contribution is 0.552. The minimum atomic E-state index is 0.251. The normalized spacial score (nSPS) is 12.7. The molecule has 0 saturated carbocycles. The first-order chi connectivity index (χ1) is 9.79. The third-order valence-corrected chi connectivity index (χ3v) is 3.66. The first kappa shape index (κ1) is 12.9. The van der Waals surface area contributed by atoms with Gasteiger partial charge < -0.3 is 10.3 Å². The fourth-order valence-electron chi connectivity index (χ4n) is 2.59. The molecule has 20 heavy (non-hydrogen) atoms. The Hall–Kier alpha value is -2.13. The number of imidazole rings is 1. The largest absolute Gasteiger partial charge is 0.328 e. The molecule has 1 atom stereocenters. The van der Waals surface area contributed by atoms with E-state index in [0.29, 0.717) is 6.54 Å². The molecule has 0 saturated heterocycles. The minimum absolute atomic E-state index is 0.251. The zero-order valence-electron chi connectivity index (χ0n) is 11.7. The van der Waals surface area contributed by atoms with Gasteiger partial charge in [0.2, 0.25) is 0 Å². The van der Waals surface area contributed by atoms with E-state index in [2.05, 4.69) is 54.0 Å². The molecule has 3 heteroatoms. The van der Waals surface area contributed by atoms with Gasteiger partial charge >= 0.3 is 0 Å². The molecule has 1 unspecified atom stereocenters. The maximum Gasteiger partial charge on any atom is 0.114 e. The highest BCUT2D eigenvalue weighted by Crippen LogP contribution is 2.22. The van der Waals surface area contributed by atoms with Crippen LogP contribution in [0.15, 0.2) is 54.6 Å². The molecule has 0 spiro atoms. The van der Waals surface area contributed by atoms with Gasteiger partial charge in [-0.15, -0.1) is 0 Å². The van der Waals surface area contributed by atoms with Crippen molar-refractivity contribution in [1.29, 1.82) is 0 Å². The molecule has 0 aliphatic rings. The van der Waals surface area contributed by atoms with Crippen molar-refractivity contribution >= 4 is 11.0 Å². The fraction of sp³-hybridized carbons (Fsp3) is 0.235. The van der Waals surface area contributed by atoms with Crippen molar-refractivity contribution in [2.75, 3.05) is 6.54 Å². The Balaban J connectivity index is 2.09. The molecule has 2 aromatic carbocycles. The summed E-state index contributed by atoms with van der Waals surface area (Å²) in [6, 6.07) is 18.9. The van der Waals surface area contributed by atoms with Gasteiger partial charge in [-0.1, -0.05) is 42.5 Å². The number of hydrogen-bond donors (Lipinski definition) is 1. The van der Waals surface area contributed by atoms with Gasteiger partial charge in [0.15, 0.2) is 0 Å².